The van der Waals surface area contributed by atoms with Gasteiger partial charge in [0.25, 0.3) is 0 Å². The van der Waals surface area contributed by atoms with Crippen LogP contribution in [0, 0.1) is 18.3 Å². The molecule has 0 aromatic heterocycles. The molecule has 0 aliphatic carbocycles. The summed E-state index contributed by atoms with van der Waals surface area (Å²) in [5.74, 6) is 3.06. The van der Waals surface area contributed by atoms with Crippen LogP contribution < -0.4 is 0 Å². The van der Waals surface area contributed by atoms with Gasteiger partial charge >= 0.3 is 0 Å². The second-order valence-electron chi connectivity index (χ2n) is 5.13. The molecule has 18 heavy (non-hydrogen) atoms. The quantitative estimate of drug-likeness (QED) is 0.645. The van der Waals surface area contributed by atoms with Crippen molar-refractivity contribution in [2.45, 2.75) is 46.1 Å². The van der Waals surface area contributed by atoms with Gasteiger partial charge in [0, 0.05) is 24.9 Å². The maximum absolute atomic E-state index is 11.8. The molecule has 0 bridgehead atoms. The van der Waals surface area contributed by atoms with E-state index in [2.05, 4.69) is 31.6 Å². The van der Waals surface area contributed by atoms with Crippen LogP contribution in [-0.4, -0.2) is 47.9 Å². The minimum atomic E-state index is 0.128. The number of terminal acetylenes is 1. The summed E-state index contributed by atoms with van der Waals surface area (Å²) < 4.78 is 0. The molecule has 102 valence electrons. The number of amides is 1. The standard InChI is InChI=1S/C15H26N2O/c1-5-14-11-15(18)17(12-14)13(4)9-8-10-16(6-2)7-3/h1,13-14H,6-12H2,2-4H3. The zero-order valence-electron chi connectivity index (χ0n) is 12.0. The molecule has 1 saturated heterocycles. The first kappa shape index (κ1) is 15.0. The van der Waals surface area contributed by atoms with E-state index < -0.39 is 0 Å². The molecule has 2 unspecified atom stereocenters. The third kappa shape index (κ3) is 4.03. The van der Waals surface area contributed by atoms with E-state index in [1.54, 1.807) is 0 Å². The summed E-state index contributed by atoms with van der Waals surface area (Å²) in [6.45, 7) is 10.6. The molecule has 1 aliphatic heterocycles. The Morgan fingerprint density at radius 1 is 1.50 bits per heavy atom. The smallest absolute Gasteiger partial charge is 0.224 e. The third-order valence-corrected chi connectivity index (χ3v) is 3.92. The van der Waals surface area contributed by atoms with Crippen molar-refractivity contribution in [3.05, 3.63) is 0 Å². The van der Waals surface area contributed by atoms with Gasteiger partial charge in [-0.05, 0) is 39.4 Å². The van der Waals surface area contributed by atoms with E-state index in [9.17, 15) is 4.79 Å². The van der Waals surface area contributed by atoms with Crippen molar-refractivity contribution in [2.24, 2.45) is 5.92 Å². The molecule has 0 aromatic rings. The highest BCUT2D eigenvalue weighted by Gasteiger charge is 2.31. The average molecular weight is 250 g/mol. The number of hydrogen-bond acceptors (Lipinski definition) is 2. The van der Waals surface area contributed by atoms with E-state index in [0.29, 0.717) is 12.5 Å². The van der Waals surface area contributed by atoms with Gasteiger partial charge in [-0.2, -0.15) is 0 Å². The fraction of sp³-hybridized carbons (Fsp3) is 0.800. The number of nitrogens with zero attached hydrogens (tertiary/aromatic N) is 2. The van der Waals surface area contributed by atoms with Gasteiger partial charge in [0.1, 0.15) is 0 Å². The zero-order valence-corrected chi connectivity index (χ0v) is 12.0. The van der Waals surface area contributed by atoms with Crippen LogP contribution in [0.1, 0.15) is 40.0 Å². The molecule has 1 rings (SSSR count). The highest BCUT2D eigenvalue weighted by molar-refractivity contribution is 5.79. The first-order valence-electron chi connectivity index (χ1n) is 7.10. The van der Waals surface area contributed by atoms with Crippen molar-refractivity contribution < 1.29 is 4.79 Å². The van der Waals surface area contributed by atoms with Crippen LogP contribution >= 0.6 is 0 Å². The maximum atomic E-state index is 11.8. The first-order chi connectivity index (χ1) is 8.62. The van der Waals surface area contributed by atoms with Gasteiger partial charge in [0.05, 0.1) is 0 Å². The van der Waals surface area contributed by atoms with Crippen molar-refractivity contribution in [1.82, 2.24) is 9.80 Å². The predicted molar refractivity (Wildman–Crippen MR) is 75.1 cm³/mol. The highest BCUT2D eigenvalue weighted by Crippen LogP contribution is 2.21. The van der Waals surface area contributed by atoms with Gasteiger partial charge in [-0.3, -0.25) is 4.79 Å². The molecule has 0 spiro atoms. The van der Waals surface area contributed by atoms with Crippen LogP contribution in [0.5, 0.6) is 0 Å². The SMILES string of the molecule is C#CC1CC(=O)N(C(C)CCCN(CC)CC)C1. The second kappa shape index (κ2) is 7.43. The lowest BCUT2D eigenvalue weighted by Crippen LogP contribution is -2.35. The van der Waals surface area contributed by atoms with E-state index in [-0.39, 0.29) is 11.8 Å². The van der Waals surface area contributed by atoms with E-state index in [0.717, 1.165) is 39.0 Å². The summed E-state index contributed by atoms with van der Waals surface area (Å²) in [6, 6.07) is 0.325. The molecule has 1 heterocycles. The Kier molecular flexibility index (Phi) is 6.21. The lowest BCUT2D eigenvalue weighted by Gasteiger charge is -2.25. The Labute approximate surface area is 112 Å². The van der Waals surface area contributed by atoms with Gasteiger partial charge in [-0.1, -0.05) is 13.8 Å². The zero-order chi connectivity index (χ0) is 13.5. The molecule has 3 heteroatoms. The summed E-state index contributed by atoms with van der Waals surface area (Å²) >= 11 is 0. The lowest BCUT2D eigenvalue weighted by molar-refractivity contribution is -0.129. The molecular weight excluding hydrogens is 224 g/mol. The van der Waals surface area contributed by atoms with Crippen molar-refractivity contribution >= 4 is 5.91 Å². The summed E-state index contributed by atoms with van der Waals surface area (Å²) in [6.07, 6.45) is 8.15. The van der Waals surface area contributed by atoms with E-state index >= 15 is 0 Å². The number of likely N-dealkylation sites (tertiary alicyclic amines) is 1. The number of rotatable bonds is 7. The maximum Gasteiger partial charge on any atom is 0.224 e. The summed E-state index contributed by atoms with van der Waals surface area (Å²) in [5.41, 5.74) is 0. The lowest BCUT2D eigenvalue weighted by atomic mass is 10.1. The van der Waals surface area contributed by atoms with Crippen LogP contribution in [0.3, 0.4) is 0 Å². The highest BCUT2D eigenvalue weighted by atomic mass is 16.2. The fourth-order valence-electron chi connectivity index (χ4n) is 2.58. The number of carbonyl (C=O) groups is 1. The second-order valence-corrected chi connectivity index (χ2v) is 5.13. The molecule has 1 aliphatic rings. The van der Waals surface area contributed by atoms with Crippen molar-refractivity contribution in [3.63, 3.8) is 0 Å². The Bertz CT molecular complexity index is 304. The van der Waals surface area contributed by atoms with E-state index in [1.165, 1.54) is 0 Å². The average Bonchev–Trinajstić information content (AvgIpc) is 2.76. The molecule has 2 atom stereocenters. The van der Waals surface area contributed by atoms with Crippen molar-refractivity contribution in [1.29, 1.82) is 0 Å². The van der Waals surface area contributed by atoms with Crippen LogP contribution in [0.2, 0.25) is 0 Å². The van der Waals surface area contributed by atoms with E-state index in [1.807, 2.05) is 4.90 Å². The Morgan fingerprint density at radius 2 is 2.17 bits per heavy atom. The molecule has 0 aromatic carbocycles. The van der Waals surface area contributed by atoms with Crippen LogP contribution in [0.15, 0.2) is 0 Å². The summed E-state index contributed by atoms with van der Waals surface area (Å²) in [5, 5.41) is 0. The first-order valence-corrected chi connectivity index (χ1v) is 7.10. The normalized spacial score (nSPS) is 21.4. The summed E-state index contributed by atoms with van der Waals surface area (Å²) in [4.78, 5) is 16.2. The molecule has 1 fully saturated rings. The fourth-order valence-corrected chi connectivity index (χ4v) is 2.58. The molecule has 1 amide bonds. The topological polar surface area (TPSA) is 23.6 Å². The van der Waals surface area contributed by atoms with Gasteiger partial charge in [0.2, 0.25) is 5.91 Å². The van der Waals surface area contributed by atoms with Crippen molar-refractivity contribution in [2.75, 3.05) is 26.2 Å². The van der Waals surface area contributed by atoms with Gasteiger partial charge in [-0.15, -0.1) is 12.3 Å². The minimum absolute atomic E-state index is 0.128. The van der Waals surface area contributed by atoms with Gasteiger partial charge < -0.3 is 9.80 Å². The Balaban J connectivity index is 2.31. The molecule has 0 radical (unpaired) electrons. The number of carbonyl (C=O) groups excluding carboxylic acids is 1. The molecule has 0 N–H and O–H groups in total. The largest absolute Gasteiger partial charge is 0.339 e. The van der Waals surface area contributed by atoms with Crippen LogP contribution in [0.4, 0.5) is 0 Å². The molecule has 0 saturated carbocycles. The van der Waals surface area contributed by atoms with Crippen molar-refractivity contribution in [3.8, 4) is 12.3 Å². The third-order valence-electron chi connectivity index (χ3n) is 3.92. The molecule has 3 nitrogen and oxygen atoms in total. The summed E-state index contributed by atoms with van der Waals surface area (Å²) in [7, 11) is 0. The van der Waals surface area contributed by atoms with Crippen LogP contribution in [0.25, 0.3) is 0 Å². The van der Waals surface area contributed by atoms with Crippen LogP contribution in [-0.2, 0) is 4.79 Å². The number of hydrogen-bond donors (Lipinski definition) is 0. The van der Waals surface area contributed by atoms with E-state index in [4.69, 9.17) is 6.42 Å². The molecular formula is C15H26N2O. The van der Waals surface area contributed by atoms with Gasteiger partial charge in [0.15, 0.2) is 0 Å². The monoisotopic (exact) mass is 250 g/mol. The Morgan fingerprint density at radius 3 is 2.67 bits per heavy atom. The minimum Gasteiger partial charge on any atom is -0.339 e. The Hall–Kier alpha value is -1.01. The van der Waals surface area contributed by atoms with Gasteiger partial charge in [-0.25, -0.2) is 0 Å². The predicted octanol–water partition coefficient (Wildman–Crippen LogP) is 1.98.